The van der Waals surface area contributed by atoms with Crippen molar-refractivity contribution in [3.63, 3.8) is 0 Å². The summed E-state index contributed by atoms with van der Waals surface area (Å²) in [5.74, 6) is -1.08. The maximum Gasteiger partial charge on any atom is 0.305 e. The molecule has 1 rings (SSSR count). The molecule has 0 radical (unpaired) electrons. The molecule has 0 aliphatic heterocycles. The van der Waals surface area contributed by atoms with Gasteiger partial charge in [0.15, 0.2) is 0 Å². The minimum absolute atomic E-state index is 0.0322. The largest absolute Gasteiger partial charge is 0.481 e. The van der Waals surface area contributed by atoms with Gasteiger partial charge >= 0.3 is 5.97 Å². The number of anilines is 1. The lowest BCUT2D eigenvalue weighted by atomic mass is 10.0. The molecule has 4 heteroatoms. The Hall–Kier alpha value is -1.84. The third kappa shape index (κ3) is 3.83. The van der Waals surface area contributed by atoms with Crippen LogP contribution in [0, 0.1) is 12.8 Å². The lowest BCUT2D eigenvalue weighted by Gasteiger charge is -2.28. The molecule has 0 saturated heterocycles. The number of aliphatic carboxylic acids is 1. The highest BCUT2D eigenvalue weighted by Gasteiger charge is 2.22. The summed E-state index contributed by atoms with van der Waals surface area (Å²) < 4.78 is 0. The molecule has 1 amide bonds. The van der Waals surface area contributed by atoms with Gasteiger partial charge in [-0.3, -0.25) is 9.59 Å². The zero-order valence-corrected chi connectivity index (χ0v) is 12.6. The predicted octanol–water partition coefficient (Wildman–Crippen LogP) is 3.02. The van der Waals surface area contributed by atoms with E-state index < -0.39 is 5.97 Å². The van der Waals surface area contributed by atoms with Gasteiger partial charge in [0.05, 0.1) is 6.42 Å². The van der Waals surface area contributed by atoms with Gasteiger partial charge in [0.25, 0.3) is 0 Å². The Balaban J connectivity index is 3.22. The standard InChI is InChI=1S/C16H23NO3/c1-5-13-8-6-7-12(4)15(13)17(10-9-14(18)19)16(20)11(2)3/h6-8,11H,5,9-10H2,1-4H3,(H,18,19). The van der Waals surface area contributed by atoms with E-state index in [-0.39, 0.29) is 24.8 Å². The Bertz CT molecular complexity index is 494. The number of carbonyl (C=O) groups excluding carboxylic acids is 1. The van der Waals surface area contributed by atoms with Crippen molar-refractivity contribution in [3.8, 4) is 0 Å². The van der Waals surface area contributed by atoms with E-state index in [4.69, 9.17) is 5.11 Å². The van der Waals surface area contributed by atoms with E-state index in [9.17, 15) is 9.59 Å². The molecule has 1 aromatic rings. The van der Waals surface area contributed by atoms with Gasteiger partial charge in [0.1, 0.15) is 0 Å². The minimum Gasteiger partial charge on any atom is -0.481 e. The number of carboxylic acids is 1. The number of carboxylic acid groups (broad SMARTS) is 1. The molecule has 20 heavy (non-hydrogen) atoms. The molecule has 0 aliphatic carbocycles. The summed E-state index contributed by atoms with van der Waals surface area (Å²) in [6.07, 6.45) is 0.766. The first-order valence-corrected chi connectivity index (χ1v) is 7.00. The summed E-state index contributed by atoms with van der Waals surface area (Å²) in [6, 6.07) is 5.91. The summed E-state index contributed by atoms with van der Waals surface area (Å²) in [6.45, 7) is 7.87. The normalized spacial score (nSPS) is 10.7. The second kappa shape index (κ2) is 7.08. The Labute approximate surface area is 120 Å². The topological polar surface area (TPSA) is 57.6 Å². The minimum atomic E-state index is -0.891. The molecular weight excluding hydrogens is 254 g/mol. The van der Waals surface area contributed by atoms with Crippen LogP contribution >= 0.6 is 0 Å². The number of hydrogen-bond donors (Lipinski definition) is 1. The first-order valence-electron chi connectivity index (χ1n) is 7.00. The molecule has 1 N–H and O–H groups in total. The van der Waals surface area contributed by atoms with Gasteiger partial charge in [0, 0.05) is 18.2 Å². The van der Waals surface area contributed by atoms with Crippen LogP contribution in [0.2, 0.25) is 0 Å². The first-order chi connectivity index (χ1) is 9.38. The van der Waals surface area contributed by atoms with Crippen LogP contribution in [0.3, 0.4) is 0 Å². The summed E-state index contributed by atoms with van der Waals surface area (Å²) in [4.78, 5) is 24.9. The fraction of sp³-hybridized carbons (Fsp3) is 0.500. The first kappa shape index (κ1) is 16.2. The van der Waals surface area contributed by atoms with Crippen molar-refractivity contribution in [2.75, 3.05) is 11.4 Å². The highest BCUT2D eigenvalue weighted by atomic mass is 16.4. The highest BCUT2D eigenvalue weighted by molar-refractivity contribution is 5.96. The Morgan fingerprint density at radius 3 is 2.45 bits per heavy atom. The summed E-state index contributed by atoms with van der Waals surface area (Å²) in [7, 11) is 0. The van der Waals surface area contributed by atoms with Gasteiger partial charge in [-0.25, -0.2) is 0 Å². The summed E-state index contributed by atoms with van der Waals surface area (Å²) in [5, 5.41) is 8.89. The predicted molar refractivity (Wildman–Crippen MR) is 80.0 cm³/mol. The van der Waals surface area contributed by atoms with Crippen molar-refractivity contribution in [2.24, 2.45) is 5.92 Å². The molecular formula is C16H23NO3. The Morgan fingerprint density at radius 2 is 1.95 bits per heavy atom. The molecule has 1 aromatic carbocycles. The average Bonchev–Trinajstić information content (AvgIpc) is 2.39. The molecule has 0 saturated carbocycles. The third-order valence-corrected chi connectivity index (χ3v) is 3.28. The average molecular weight is 277 g/mol. The van der Waals surface area contributed by atoms with E-state index in [1.54, 1.807) is 4.90 Å². The van der Waals surface area contributed by atoms with Crippen LogP contribution in [0.4, 0.5) is 5.69 Å². The van der Waals surface area contributed by atoms with Crippen molar-refractivity contribution in [1.82, 2.24) is 0 Å². The fourth-order valence-corrected chi connectivity index (χ4v) is 2.24. The molecule has 0 unspecified atom stereocenters. The number of hydrogen-bond acceptors (Lipinski definition) is 2. The smallest absolute Gasteiger partial charge is 0.305 e. The highest BCUT2D eigenvalue weighted by Crippen LogP contribution is 2.27. The lowest BCUT2D eigenvalue weighted by molar-refractivity contribution is -0.136. The number of benzene rings is 1. The molecule has 0 heterocycles. The molecule has 0 atom stereocenters. The maximum absolute atomic E-state index is 12.4. The molecule has 0 fully saturated rings. The molecule has 0 aromatic heterocycles. The van der Waals surface area contributed by atoms with Gasteiger partial charge < -0.3 is 10.0 Å². The van der Waals surface area contributed by atoms with Gasteiger partial charge in [0.2, 0.25) is 5.91 Å². The Kier molecular flexibility index (Phi) is 5.74. The van der Waals surface area contributed by atoms with Gasteiger partial charge in [-0.05, 0) is 24.5 Å². The van der Waals surface area contributed by atoms with Gasteiger partial charge in [-0.15, -0.1) is 0 Å². The van der Waals surface area contributed by atoms with E-state index >= 15 is 0 Å². The van der Waals surface area contributed by atoms with Crippen LogP contribution in [0.1, 0.15) is 38.3 Å². The van der Waals surface area contributed by atoms with E-state index in [1.807, 2.05) is 45.9 Å². The number of para-hydroxylation sites is 1. The number of rotatable bonds is 6. The second-order valence-electron chi connectivity index (χ2n) is 5.22. The van der Waals surface area contributed by atoms with Crippen molar-refractivity contribution in [1.29, 1.82) is 0 Å². The monoisotopic (exact) mass is 277 g/mol. The lowest BCUT2D eigenvalue weighted by Crippen LogP contribution is -2.37. The van der Waals surface area contributed by atoms with Crippen molar-refractivity contribution < 1.29 is 14.7 Å². The number of amides is 1. The fourth-order valence-electron chi connectivity index (χ4n) is 2.24. The number of nitrogens with zero attached hydrogens (tertiary/aromatic N) is 1. The van der Waals surface area contributed by atoms with Crippen molar-refractivity contribution in [3.05, 3.63) is 29.3 Å². The number of aryl methyl sites for hydroxylation is 2. The van der Waals surface area contributed by atoms with Crippen LogP contribution in [0.25, 0.3) is 0 Å². The number of carbonyl (C=O) groups is 2. The van der Waals surface area contributed by atoms with E-state index in [0.717, 1.165) is 23.2 Å². The molecule has 0 aliphatic rings. The summed E-state index contributed by atoms with van der Waals surface area (Å²) >= 11 is 0. The summed E-state index contributed by atoms with van der Waals surface area (Å²) in [5.41, 5.74) is 2.95. The molecule has 0 spiro atoms. The maximum atomic E-state index is 12.4. The second-order valence-corrected chi connectivity index (χ2v) is 5.22. The SMILES string of the molecule is CCc1cccc(C)c1N(CCC(=O)O)C(=O)C(C)C. The zero-order chi connectivity index (χ0) is 15.3. The van der Waals surface area contributed by atoms with Gasteiger partial charge in [-0.2, -0.15) is 0 Å². The van der Waals surface area contributed by atoms with Crippen molar-refractivity contribution in [2.45, 2.75) is 40.5 Å². The molecule has 110 valence electrons. The van der Waals surface area contributed by atoms with Gasteiger partial charge in [-0.1, -0.05) is 39.0 Å². The molecule has 4 nitrogen and oxygen atoms in total. The van der Waals surface area contributed by atoms with E-state index in [0.29, 0.717) is 0 Å². The third-order valence-electron chi connectivity index (χ3n) is 3.28. The Morgan fingerprint density at radius 1 is 1.30 bits per heavy atom. The van der Waals surface area contributed by atoms with Crippen LogP contribution in [-0.4, -0.2) is 23.5 Å². The van der Waals surface area contributed by atoms with Crippen molar-refractivity contribution >= 4 is 17.6 Å². The molecule has 0 bridgehead atoms. The van der Waals surface area contributed by atoms with Crippen LogP contribution < -0.4 is 4.90 Å². The van der Waals surface area contributed by atoms with Crippen LogP contribution in [0.5, 0.6) is 0 Å². The zero-order valence-electron chi connectivity index (χ0n) is 12.6. The van der Waals surface area contributed by atoms with E-state index in [1.165, 1.54) is 0 Å². The quantitative estimate of drug-likeness (QED) is 0.869. The van der Waals surface area contributed by atoms with Crippen LogP contribution in [-0.2, 0) is 16.0 Å². The van der Waals surface area contributed by atoms with Crippen LogP contribution in [0.15, 0.2) is 18.2 Å². The van der Waals surface area contributed by atoms with E-state index in [2.05, 4.69) is 0 Å².